The maximum atomic E-state index is 13.8. The molecule has 2 aliphatic rings. The topological polar surface area (TPSA) is 144 Å². The van der Waals surface area contributed by atoms with E-state index in [1.54, 1.807) is 0 Å². The molecule has 2 aliphatic heterocycles. The summed E-state index contributed by atoms with van der Waals surface area (Å²) in [6.07, 6.45) is -0.267. The lowest BCUT2D eigenvalue weighted by molar-refractivity contribution is -0.114. The fourth-order valence-electron chi connectivity index (χ4n) is 4.78. The molecule has 3 N–H and O–H groups in total. The third-order valence-corrected chi connectivity index (χ3v) is 8.71. The Labute approximate surface area is 234 Å². The van der Waals surface area contributed by atoms with Gasteiger partial charge >= 0.3 is 6.09 Å². The van der Waals surface area contributed by atoms with Crippen LogP contribution in [0, 0.1) is 0 Å². The second-order valence-electron chi connectivity index (χ2n) is 10.1. The van der Waals surface area contributed by atoms with E-state index in [1.165, 1.54) is 35.5 Å². The Bertz CT molecular complexity index is 1210. The molecular weight excluding hydrogens is 538 g/mol. The number of carbonyl (C=O) groups excluding carboxylic acids is 2. The average molecular weight is 576 g/mol. The lowest BCUT2D eigenvalue weighted by Gasteiger charge is -2.31. The van der Waals surface area contributed by atoms with E-state index in [0.29, 0.717) is 38.3 Å². The smallest absolute Gasteiger partial charge is 0.407 e. The highest BCUT2D eigenvalue weighted by Crippen LogP contribution is 2.23. The predicted octanol–water partition coefficient (Wildman–Crippen LogP) is 2.30. The van der Waals surface area contributed by atoms with Crippen LogP contribution in [0.4, 0.5) is 10.5 Å². The Kier molecular flexibility index (Phi) is 10.5. The first-order chi connectivity index (χ1) is 19.2. The van der Waals surface area contributed by atoms with Crippen LogP contribution in [0.3, 0.4) is 0 Å². The molecule has 4 unspecified atom stereocenters. The fraction of sp³-hybridized carbons (Fsp3) is 0.500. The number of hydrogen-bond acceptors (Lipinski definition) is 8. The minimum Gasteiger partial charge on any atom is -0.444 e. The van der Waals surface area contributed by atoms with Gasteiger partial charge in [-0.3, -0.25) is 4.79 Å². The number of aliphatic hydroxyl groups is 1. The van der Waals surface area contributed by atoms with Gasteiger partial charge in [0.1, 0.15) is 6.10 Å². The van der Waals surface area contributed by atoms with Gasteiger partial charge in [0, 0.05) is 38.7 Å². The number of aliphatic hydroxyl groups excluding tert-OH is 1. The summed E-state index contributed by atoms with van der Waals surface area (Å²) in [7, 11) is -4.06. The Morgan fingerprint density at radius 2 is 1.85 bits per heavy atom. The van der Waals surface area contributed by atoms with Crippen molar-refractivity contribution < 1.29 is 37.3 Å². The van der Waals surface area contributed by atoms with Crippen molar-refractivity contribution in [1.29, 1.82) is 0 Å². The number of sulfonamides is 1. The lowest BCUT2D eigenvalue weighted by atomic mass is 10.0. The highest BCUT2D eigenvalue weighted by Gasteiger charge is 2.34. The number of nitrogens with one attached hydrogen (secondary N) is 2. The zero-order valence-electron chi connectivity index (χ0n) is 22.5. The molecule has 0 radical (unpaired) electrons. The number of alkyl carbamates (subject to hydrolysis) is 1. The van der Waals surface area contributed by atoms with Crippen LogP contribution in [0.5, 0.6) is 0 Å². The largest absolute Gasteiger partial charge is 0.444 e. The van der Waals surface area contributed by atoms with Crippen molar-refractivity contribution in [3.05, 3.63) is 60.2 Å². The monoisotopic (exact) mass is 575 g/mol. The van der Waals surface area contributed by atoms with Crippen molar-refractivity contribution >= 4 is 27.7 Å². The second-order valence-corrected chi connectivity index (χ2v) is 12.0. The first kappa shape index (κ1) is 29.9. The SMILES string of the molecule is CC(=O)Nc1ccc(S(=O)(=O)N(CC2CCCO2)CC(O)C(Cc2ccccc2)NC(=O)OC2CCOC2)cc1. The Morgan fingerprint density at radius 3 is 2.48 bits per heavy atom. The number of ether oxygens (including phenoxy) is 3. The van der Waals surface area contributed by atoms with Gasteiger partial charge in [0.15, 0.2) is 0 Å². The van der Waals surface area contributed by atoms with Crippen molar-refractivity contribution in [2.75, 3.05) is 38.2 Å². The second kappa shape index (κ2) is 14.0. The van der Waals surface area contributed by atoms with Gasteiger partial charge in [-0.2, -0.15) is 4.31 Å². The summed E-state index contributed by atoms with van der Waals surface area (Å²) in [6.45, 7) is 2.51. The van der Waals surface area contributed by atoms with Crippen LogP contribution in [0.1, 0.15) is 31.7 Å². The molecule has 12 heteroatoms. The molecule has 2 aromatic rings. The summed E-state index contributed by atoms with van der Waals surface area (Å²) >= 11 is 0. The van der Waals surface area contributed by atoms with E-state index in [9.17, 15) is 23.1 Å². The Morgan fingerprint density at radius 1 is 1.10 bits per heavy atom. The maximum Gasteiger partial charge on any atom is 0.407 e. The highest BCUT2D eigenvalue weighted by molar-refractivity contribution is 7.89. The van der Waals surface area contributed by atoms with Gasteiger partial charge in [-0.1, -0.05) is 30.3 Å². The van der Waals surface area contributed by atoms with Crippen LogP contribution in [-0.2, 0) is 35.4 Å². The highest BCUT2D eigenvalue weighted by atomic mass is 32.2. The molecule has 2 saturated heterocycles. The molecule has 2 aromatic carbocycles. The zero-order chi connectivity index (χ0) is 28.5. The van der Waals surface area contributed by atoms with Gasteiger partial charge in [-0.15, -0.1) is 0 Å². The van der Waals surface area contributed by atoms with E-state index in [1.807, 2.05) is 30.3 Å². The van der Waals surface area contributed by atoms with Crippen molar-refractivity contribution in [2.24, 2.45) is 0 Å². The van der Waals surface area contributed by atoms with E-state index in [0.717, 1.165) is 12.0 Å². The van der Waals surface area contributed by atoms with Gasteiger partial charge < -0.3 is 30.0 Å². The molecule has 2 amide bonds. The van der Waals surface area contributed by atoms with Gasteiger partial charge in [-0.05, 0) is 49.1 Å². The Balaban J connectivity index is 1.54. The van der Waals surface area contributed by atoms with Crippen LogP contribution < -0.4 is 10.6 Å². The minimum atomic E-state index is -4.06. The third-order valence-electron chi connectivity index (χ3n) is 6.86. The minimum absolute atomic E-state index is 0.0139. The number of hydrogen-bond donors (Lipinski definition) is 3. The molecule has 2 heterocycles. The van der Waals surface area contributed by atoms with E-state index in [2.05, 4.69) is 10.6 Å². The van der Waals surface area contributed by atoms with E-state index < -0.39 is 28.3 Å². The van der Waals surface area contributed by atoms with E-state index in [4.69, 9.17) is 14.2 Å². The summed E-state index contributed by atoms with van der Waals surface area (Å²) in [5.41, 5.74) is 1.33. The predicted molar refractivity (Wildman–Crippen MR) is 147 cm³/mol. The standard InChI is InChI=1S/C28H37N3O8S/c1-20(32)29-22-9-11-25(12-10-22)40(35,36)31(17-23-8-5-14-38-23)18-27(33)26(16-21-6-3-2-4-7-21)30-28(34)39-24-13-15-37-19-24/h2-4,6-7,9-12,23-24,26-27,33H,5,8,13-19H2,1H3,(H,29,32)(H,30,34). The normalized spacial score (nSPS) is 20.7. The van der Waals surface area contributed by atoms with Crippen LogP contribution >= 0.6 is 0 Å². The van der Waals surface area contributed by atoms with Crippen molar-refractivity contribution in [3.8, 4) is 0 Å². The number of nitrogens with zero attached hydrogens (tertiary/aromatic N) is 1. The van der Waals surface area contributed by atoms with Crippen molar-refractivity contribution in [2.45, 2.75) is 61.9 Å². The van der Waals surface area contributed by atoms with Crippen LogP contribution in [-0.4, -0.2) is 87.1 Å². The lowest BCUT2D eigenvalue weighted by Crippen LogP contribution is -2.52. The molecule has 0 aliphatic carbocycles. The maximum absolute atomic E-state index is 13.8. The summed E-state index contributed by atoms with van der Waals surface area (Å²) in [5.74, 6) is -0.269. The molecule has 40 heavy (non-hydrogen) atoms. The van der Waals surface area contributed by atoms with Crippen LogP contribution in [0.2, 0.25) is 0 Å². The molecule has 11 nitrogen and oxygen atoms in total. The van der Waals surface area contributed by atoms with E-state index in [-0.39, 0.29) is 42.5 Å². The quantitative estimate of drug-likeness (QED) is 0.350. The van der Waals surface area contributed by atoms with Gasteiger partial charge in [0.25, 0.3) is 0 Å². The van der Waals surface area contributed by atoms with Crippen molar-refractivity contribution in [3.63, 3.8) is 0 Å². The summed E-state index contributed by atoms with van der Waals surface area (Å²) in [6, 6.07) is 14.3. The average Bonchev–Trinajstić information content (AvgIpc) is 3.63. The van der Waals surface area contributed by atoms with Gasteiger partial charge in [0.05, 0.1) is 36.4 Å². The summed E-state index contributed by atoms with van der Waals surface area (Å²) in [4.78, 5) is 24.1. The van der Waals surface area contributed by atoms with Crippen LogP contribution in [0.15, 0.2) is 59.5 Å². The zero-order valence-corrected chi connectivity index (χ0v) is 23.3. The van der Waals surface area contributed by atoms with Crippen LogP contribution in [0.25, 0.3) is 0 Å². The molecule has 2 fully saturated rings. The molecular formula is C28H37N3O8S. The first-order valence-corrected chi connectivity index (χ1v) is 14.9. The van der Waals surface area contributed by atoms with Gasteiger partial charge in [-0.25, -0.2) is 13.2 Å². The molecule has 4 atom stereocenters. The number of rotatable bonds is 12. The molecule has 0 spiro atoms. The van der Waals surface area contributed by atoms with Gasteiger partial charge in [0.2, 0.25) is 15.9 Å². The first-order valence-electron chi connectivity index (χ1n) is 13.5. The number of amides is 2. The number of anilines is 1. The van der Waals surface area contributed by atoms with E-state index >= 15 is 0 Å². The molecule has 0 bridgehead atoms. The summed E-state index contributed by atoms with van der Waals surface area (Å²) < 4.78 is 45.2. The summed E-state index contributed by atoms with van der Waals surface area (Å²) in [5, 5.41) is 16.8. The molecule has 0 aromatic heterocycles. The number of carbonyl (C=O) groups is 2. The number of benzene rings is 2. The third kappa shape index (κ3) is 8.48. The fourth-order valence-corrected chi connectivity index (χ4v) is 6.27. The molecule has 0 saturated carbocycles. The molecule has 4 rings (SSSR count). The van der Waals surface area contributed by atoms with Crippen molar-refractivity contribution in [1.82, 2.24) is 9.62 Å². The molecule has 218 valence electrons. The Hall–Kier alpha value is -3.03.